The first kappa shape index (κ1) is 64.1. The van der Waals surface area contributed by atoms with Gasteiger partial charge in [-0.1, -0.05) is 45.7 Å². The minimum Gasteiger partial charge on any atom is -0.422 e. The Bertz CT molecular complexity index is 2860. The molecule has 0 amide bonds. The number of anilines is 1. The number of nitrogens with one attached hydrogen (secondary N) is 2. The van der Waals surface area contributed by atoms with Crippen LogP contribution in [-0.4, -0.2) is 144 Å². The smallest absolute Gasteiger partial charge is 0.422 e. The van der Waals surface area contributed by atoms with Crippen LogP contribution >= 0.6 is 57.7 Å². The molecule has 6 rings (SSSR count). The Hall–Kier alpha value is -4.38. The van der Waals surface area contributed by atoms with Crippen LogP contribution in [0.5, 0.6) is 11.5 Å². The zero-order valence-electron chi connectivity index (χ0n) is 42.1. The van der Waals surface area contributed by atoms with Crippen LogP contribution in [0.15, 0.2) is 96.6 Å². The van der Waals surface area contributed by atoms with Crippen LogP contribution < -0.4 is 36.3 Å². The van der Waals surface area contributed by atoms with Gasteiger partial charge in [-0.3, -0.25) is 23.2 Å². The van der Waals surface area contributed by atoms with E-state index >= 15 is 4.39 Å². The summed E-state index contributed by atoms with van der Waals surface area (Å²) >= 11 is 12.2. The zero-order valence-corrected chi connectivity index (χ0v) is 47.9. The number of nitrogen functional groups attached to an aromatic ring is 1. The maximum Gasteiger partial charge on any atom is 0.459 e. The summed E-state index contributed by atoms with van der Waals surface area (Å²) in [6.07, 6.45) is -4.69. The number of aliphatic hydroxyl groups excluding tert-OH is 4. The standard InChI is InChI=1S/C22H29BrFN4O7P.C13H19FN4O4.C10H12BrClNO4P/c1-12(2)18(13(3)29)27-36(32,35-15-7-5-14(23)6-8-15)33-11-16-19(30)22(4,24)20(34-16)28-10-9-17(25)26-21(28)31;1-13(14)10(20)8(6-19)22-11(13)18-5-4-9(16-12(18)21)15-7-17(2)3;1-7(10(15)6-14)13-18(12,16)17-9-4-2-8(11)3-5-9/h5-10,12,16,18-20,30H,11H2,1-4H3,(H,27,32)(H2,25,26,31);4-5,7-8,10-11,19-20H,6H2,1-3H3;2-5,7,14H,6H2,1H3,(H,13,16)/t16-,18+,19-,20-,22-,36?;8-,10-,11-,13-;7-,18?/m110/s1. The third-order valence-electron chi connectivity index (χ3n) is 11.1. The van der Waals surface area contributed by atoms with E-state index in [4.69, 9.17) is 50.2 Å². The van der Waals surface area contributed by atoms with Crippen molar-refractivity contribution in [2.45, 2.75) is 102 Å². The molecule has 4 heterocycles. The summed E-state index contributed by atoms with van der Waals surface area (Å²) in [4.78, 5) is 60.5. The first-order chi connectivity index (χ1) is 35.3. The SMILES string of the molecule is CC(=O)[C@@H](NP(=O)(OC[C@H]1O[C@@H](n2ccc(N)nc2=O)[C@](C)(F)[C@@H]1O)Oc1ccc(Br)cc1)C(C)C.CN(C)C=Nc1ccn([C@@H]2O[C@H](CO)[C@@H](O)[C@@]2(C)F)c(=O)n1.C[C@H](NP(=O)(Cl)Oc1ccc(Br)cc1)C(=O)CO. The highest BCUT2D eigenvalue weighted by Gasteiger charge is 2.57. The second-order valence-electron chi connectivity index (χ2n) is 18.0. The van der Waals surface area contributed by atoms with Crippen LogP contribution in [-0.2, 0) is 32.7 Å². The molecule has 2 saturated heterocycles. The van der Waals surface area contributed by atoms with E-state index in [0.29, 0.717) is 5.75 Å². The molecule has 12 atom stereocenters. The van der Waals surface area contributed by atoms with Crippen molar-refractivity contribution in [3.05, 3.63) is 103 Å². The van der Waals surface area contributed by atoms with Gasteiger partial charge >= 0.3 is 26.0 Å². The number of nitrogens with two attached hydrogens (primary N) is 1. The number of Topliss-reactive ketones (excluding diaryl/α,β-unsaturated/α-hetero) is 2. The average Bonchev–Trinajstić information content (AvgIpc) is 3.71. The molecule has 4 aromatic rings. The van der Waals surface area contributed by atoms with Crippen LogP contribution in [0.4, 0.5) is 20.4 Å². The molecule has 2 aromatic heterocycles. The molecule has 0 aliphatic carbocycles. The predicted octanol–water partition coefficient (Wildman–Crippen LogP) is 5.14. The Labute approximate surface area is 457 Å². The zero-order chi connectivity index (χ0) is 57.1. The fourth-order valence-corrected chi connectivity index (χ4v) is 11.0. The highest BCUT2D eigenvalue weighted by Crippen LogP contribution is 2.50. The number of benzene rings is 2. The molecule has 2 aliphatic rings. The number of hydrogen-bond acceptors (Lipinski definition) is 19. The Kier molecular flexibility index (Phi) is 23.2. The van der Waals surface area contributed by atoms with Crippen molar-refractivity contribution in [3.8, 4) is 11.5 Å². The number of aliphatic imine (C=N–C) groups is 1. The van der Waals surface area contributed by atoms with Gasteiger partial charge in [-0.2, -0.15) is 9.97 Å². The lowest BCUT2D eigenvalue weighted by molar-refractivity contribution is -0.123. The highest BCUT2D eigenvalue weighted by molar-refractivity contribution is 9.10. The van der Waals surface area contributed by atoms with Gasteiger partial charge in [0.25, 0.3) is 0 Å². The summed E-state index contributed by atoms with van der Waals surface area (Å²) < 4.78 is 86.2. The van der Waals surface area contributed by atoms with Gasteiger partial charge in [0.15, 0.2) is 35.4 Å². The molecular formula is C45H60Br2ClF2N9O15P2. The normalized spacial score (nSPS) is 25.5. The summed E-state index contributed by atoms with van der Waals surface area (Å²) in [5.74, 6) is -0.462. The number of carbonyl (C=O) groups is 2. The van der Waals surface area contributed by atoms with Gasteiger partial charge in [-0.15, -0.1) is 0 Å². The van der Waals surface area contributed by atoms with E-state index in [0.717, 1.165) is 31.9 Å². The molecule has 24 nitrogen and oxygen atoms in total. The van der Waals surface area contributed by atoms with Crippen molar-refractivity contribution in [2.75, 3.05) is 39.6 Å². The summed E-state index contributed by atoms with van der Waals surface area (Å²) in [5, 5.41) is 43.2. The van der Waals surface area contributed by atoms with E-state index < -0.39 is 112 Å². The highest BCUT2D eigenvalue weighted by atomic mass is 79.9. The van der Waals surface area contributed by atoms with Gasteiger partial charge in [0.1, 0.15) is 54.1 Å². The lowest BCUT2D eigenvalue weighted by Gasteiger charge is -2.27. The van der Waals surface area contributed by atoms with E-state index in [-0.39, 0.29) is 29.1 Å². The van der Waals surface area contributed by atoms with E-state index in [2.05, 4.69) is 57.0 Å². The van der Waals surface area contributed by atoms with Crippen molar-refractivity contribution >= 4 is 87.3 Å². The molecule has 8 N–H and O–H groups in total. The third kappa shape index (κ3) is 17.6. The maximum absolute atomic E-state index is 15.5. The Morgan fingerprint density at radius 3 is 1.80 bits per heavy atom. The van der Waals surface area contributed by atoms with E-state index in [9.17, 15) is 42.9 Å². The topological polar surface area (TPSA) is 331 Å². The molecule has 420 valence electrons. The summed E-state index contributed by atoms with van der Waals surface area (Å²) in [7, 11) is -0.714. The fourth-order valence-electron chi connectivity index (χ4n) is 7.02. The van der Waals surface area contributed by atoms with Crippen LogP contribution in [0.2, 0.25) is 0 Å². The van der Waals surface area contributed by atoms with Crippen LogP contribution in [0.25, 0.3) is 0 Å². The molecule has 0 bridgehead atoms. The van der Waals surface area contributed by atoms with Crippen molar-refractivity contribution in [3.63, 3.8) is 0 Å². The average molecular weight is 1260 g/mol. The fraction of sp³-hybridized carbons (Fsp3) is 0.489. The van der Waals surface area contributed by atoms with Gasteiger partial charge in [0.2, 0.25) is 0 Å². The van der Waals surface area contributed by atoms with Crippen molar-refractivity contribution < 1.29 is 71.0 Å². The van der Waals surface area contributed by atoms with Crippen molar-refractivity contribution in [1.29, 1.82) is 0 Å². The van der Waals surface area contributed by atoms with E-state index in [1.54, 1.807) is 69.2 Å². The van der Waals surface area contributed by atoms with Gasteiger partial charge in [0.05, 0.1) is 31.6 Å². The predicted molar refractivity (Wildman–Crippen MR) is 283 cm³/mol. The summed E-state index contributed by atoms with van der Waals surface area (Å²) in [5.41, 5.74) is -0.796. The number of hydrogen-bond donors (Lipinski definition) is 7. The molecule has 0 radical (unpaired) electrons. The quantitative estimate of drug-likeness (QED) is 0.0342. The van der Waals surface area contributed by atoms with E-state index in [1.165, 1.54) is 56.8 Å². The first-order valence-electron chi connectivity index (χ1n) is 22.8. The number of alkyl halides is 2. The Balaban J connectivity index is 0.000000266. The molecule has 0 spiro atoms. The Morgan fingerprint density at radius 1 is 0.868 bits per heavy atom. The number of rotatable bonds is 20. The van der Waals surface area contributed by atoms with Gasteiger partial charge in [0, 0.05) is 46.7 Å². The van der Waals surface area contributed by atoms with Crippen LogP contribution in [0, 0.1) is 5.92 Å². The molecule has 2 aromatic carbocycles. The van der Waals surface area contributed by atoms with E-state index in [1.807, 2.05) is 0 Å². The number of aliphatic hydroxyl groups is 4. The molecule has 2 aliphatic heterocycles. The molecule has 31 heteroatoms. The van der Waals surface area contributed by atoms with Crippen molar-refractivity contribution in [1.82, 2.24) is 34.2 Å². The van der Waals surface area contributed by atoms with Gasteiger partial charge in [-0.25, -0.2) is 42.7 Å². The number of nitrogens with zero attached hydrogens (tertiary/aromatic N) is 6. The maximum atomic E-state index is 15.5. The second-order valence-corrected chi connectivity index (χ2v) is 24.2. The molecule has 2 fully saturated rings. The lowest BCUT2D eigenvalue weighted by atomic mass is 9.98. The van der Waals surface area contributed by atoms with Crippen molar-refractivity contribution in [2.24, 2.45) is 10.9 Å². The molecular weight excluding hydrogens is 1200 g/mol. The molecule has 0 saturated carbocycles. The summed E-state index contributed by atoms with van der Waals surface area (Å²) in [6.45, 7) is 3.00. The second kappa shape index (κ2) is 27.5. The number of aromatic nitrogens is 4. The first-order valence-corrected chi connectivity index (χ1v) is 28.4. The van der Waals surface area contributed by atoms with Gasteiger partial charge < -0.3 is 49.6 Å². The minimum absolute atomic E-state index is 0.0579. The molecule has 76 heavy (non-hydrogen) atoms. The van der Waals surface area contributed by atoms with Crippen LogP contribution in [0.1, 0.15) is 54.0 Å². The monoisotopic (exact) mass is 1260 g/mol. The third-order valence-corrected chi connectivity index (χ3v) is 15.3. The lowest BCUT2D eigenvalue weighted by Crippen LogP contribution is -2.43. The largest absolute Gasteiger partial charge is 0.459 e. The van der Waals surface area contributed by atoms with Crippen LogP contribution in [0.3, 0.4) is 0 Å². The Morgan fingerprint density at radius 2 is 1.36 bits per heavy atom. The number of ketones is 2. The molecule has 2 unspecified atom stereocenters. The number of carbonyl (C=O) groups excluding carboxylic acids is 2. The number of halogens is 5. The number of ether oxygens (including phenoxy) is 2. The summed E-state index contributed by atoms with van der Waals surface area (Å²) in [6, 6.07) is 14.0. The van der Waals surface area contributed by atoms with Gasteiger partial charge in [-0.05, 0) is 94.3 Å². The minimum atomic E-state index is -4.25.